The van der Waals surface area contributed by atoms with Crippen molar-refractivity contribution in [3.05, 3.63) is 76.1 Å². The lowest BCUT2D eigenvalue weighted by Crippen LogP contribution is -2.37. The second-order valence-corrected chi connectivity index (χ2v) is 7.97. The zero-order valence-corrected chi connectivity index (χ0v) is 16.6. The number of halogens is 1. The second kappa shape index (κ2) is 7.47. The smallest absolute Gasteiger partial charge is 0.295 e. The van der Waals surface area contributed by atoms with Crippen molar-refractivity contribution in [2.45, 2.75) is 51.6 Å². The lowest BCUT2D eigenvalue weighted by Gasteiger charge is -2.31. The molecule has 1 saturated heterocycles. The van der Waals surface area contributed by atoms with Crippen LogP contribution in [0.1, 0.15) is 54.0 Å². The number of ketones is 1. The van der Waals surface area contributed by atoms with Gasteiger partial charge < -0.3 is 10.0 Å². The zero-order chi connectivity index (χ0) is 20.7. The SMILES string of the molecule is Cc1cc(/C(O)=C2\C(=O)C(=O)N(C3CCCC3)C2c2ccccc2C)ccc1F. The van der Waals surface area contributed by atoms with Gasteiger partial charge in [0.15, 0.2) is 0 Å². The minimum absolute atomic E-state index is 0.0173. The first kappa shape index (κ1) is 19.4. The Hall–Kier alpha value is -2.95. The highest BCUT2D eigenvalue weighted by Crippen LogP contribution is 2.44. The zero-order valence-electron chi connectivity index (χ0n) is 16.6. The van der Waals surface area contributed by atoms with Gasteiger partial charge in [-0.3, -0.25) is 9.59 Å². The first-order valence-electron chi connectivity index (χ1n) is 10.0. The summed E-state index contributed by atoms with van der Waals surface area (Å²) in [6.07, 6.45) is 3.74. The summed E-state index contributed by atoms with van der Waals surface area (Å²) >= 11 is 0. The number of carbonyl (C=O) groups is 2. The number of hydrogen-bond acceptors (Lipinski definition) is 3. The number of amides is 1. The van der Waals surface area contributed by atoms with Crippen molar-refractivity contribution in [2.24, 2.45) is 0 Å². The molecule has 29 heavy (non-hydrogen) atoms. The molecule has 2 aromatic rings. The van der Waals surface area contributed by atoms with E-state index in [9.17, 15) is 19.1 Å². The predicted molar refractivity (Wildman–Crippen MR) is 109 cm³/mol. The van der Waals surface area contributed by atoms with Crippen LogP contribution in [-0.4, -0.2) is 27.7 Å². The van der Waals surface area contributed by atoms with Gasteiger partial charge in [0.2, 0.25) is 0 Å². The van der Waals surface area contributed by atoms with Crippen LogP contribution in [0.4, 0.5) is 4.39 Å². The standard InChI is InChI=1S/C24H24FNO3/c1-14-7-3-6-10-18(14)21-20(22(27)16-11-12-19(25)15(2)13-16)23(28)24(29)26(21)17-8-4-5-9-17/h3,6-7,10-13,17,21,27H,4-5,8-9H2,1-2H3/b22-20+. The number of rotatable bonds is 3. The van der Waals surface area contributed by atoms with Gasteiger partial charge in [-0.2, -0.15) is 0 Å². The molecule has 2 aliphatic rings. The number of nitrogens with zero attached hydrogens (tertiary/aromatic N) is 1. The number of likely N-dealkylation sites (tertiary alicyclic amines) is 1. The first-order valence-corrected chi connectivity index (χ1v) is 10.0. The highest BCUT2D eigenvalue weighted by Gasteiger charge is 2.49. The Morgan fingerprint density at radius 1 is 1.03 bits per heavy atom. The lowest BCUT2D eigenvalue weighted by atomic mass is 9.91. The van der Waals surface area contributed by atoms with Crippen molar-refractivity contribution in [1.82, 2.24) is 4.90 Å². The van der Waals surface area contributed by atoms with E-state index in [0.29, 0.717) is 11.1 Å². The third kappa shape index (κ3) is 3.24. The van der Waals surface area contributed by atoms with E-state index in [4.69, 9.17) is 0 Å². The molecule has 1 N–H and O–H groups in total. The number of benzene rings is 2. The van der Waals surface area contributed by atoms with Gasteiger partial charge in [-0.25, -0.2) is 4.39 Å². The molecular formula is C24H24FNO3. The fraction of sp³-hybridized carbons (Fsp3) is 0.333. The van der Waals surface area contributed by atoms with Crippen molar-refractivity contribution in [3.63, 3.8) is 0 Å². The molecule has 5 heteroatoms. The summed E-state index contributed by atoms with van der Waals surface area (Å²) in [5.41, 5.74) is 2.57. The number of aliphatic hydroxyl groups is 1. The molecule has 1 aliphatic carbocycles. The molecule has 0 aromatic heterocycles. The van der Waals surface area contributed by atoms with Crippen LogP contribution in [0.3, 0.4) is 0 Å². The monoisotopic (exact) mass is 393 g/mol. The summed E-state index contributed by atoms with van der Waals surface area (Å²) in [4.78, 5) is 27.7. The highest BCUT2D eigenvalue weighted by atomic mass is 19.1. The second-order valence-electron chi connectivity index (χ2n) is 7.97. The number of carbonyl (C=O) groups excluding carboxylic acids is 2. The van der Waals surface area contributed by atoms with Crippen LogP contribution in [0, 0.1) is 19.7 Å². The summed E-state index contributed by atoms with van der Waals surface area (Å²) in [5.74, 6) is -1.88. The van der Waals surface area contributed by atoms with Crippen LogP contribution in [0.5, 0.6) is 0 Å². The Morgan fingerprint density at radius 3 is 2.38 bits per heavy atom. The molecule has 0 bridgehead atoms. The van der Waals surface area contributed by atoms with E-state index in [1.54, 1.807) is 11.8 Å². The molecule has 1 amide bonds. The maximum absolute atomic E-state index is 13.7. The molecule has 4 rings (SSSR count). The topological polar surface area (TPSA) is 57.6 Å². The Bertz CT molecular complexity index is 1020. The molecule has 0 radical (unpaired) electrons. The van der Waals surface area contributed by atoms with Gasteiger partial charge >= 0.3 is 0 Å². The van der Waals surface area contributed by atoms with Crippen LogP contribution < -0.4 is 0 Å². The van der Waals surface area contributed by atoms with E-state index in [1.807, 2.05) is 31.2 Å². The Balaban J connectivity index is 1.92. The third-order valence-corrected chi connectivity index (χ3v) is 6.11. The molecular weight excluding hydrogens is 369 g/mol. The van der Waals surface area contributed by atoms with Crippen molar-refractivity contribution < 1.29 is 19.1 Å². The van der Waals surface area contributed by atoms with Crippen molar-refractivity contribution in [3.8, 4) is 0 Å². The average Bonchev–Trinajstić information content (AvgIpc) is 3.31. The normalized spacial score (nSPS) is 21.9. The van der Waals surface area contributed by atoms with E-state index in [0.717, 1.165) is 36.8 Å². The molecule has 1 saturated carbocycles. The Kier molecular flexibility index (Phi) is 4.99. The number of aliphatic hydroxyl groups excluding tert-OH is 1. The quantitative estimate of drug-likeness (QED) is 0.463. The molecule has 1 atom stereocenters. The average molecular weight is 393 g/mol. The highest BCUT2D eigenvalue weighted by molar-refractivity contribution is 6.46. The third-order valence-electron chi connectivity index (χ3n) is 6.11. The minimum atomic E-state index is -0.676. The maximum Gasteiger partial charge on any atom is 0.295 e. The van der Waals surface area contributed by atoms with Gasteiger partial charge in [0.25, 0.3) is 11.7 Å². The predicted octanol–water partition coefficient (Wildman–Crippen LogP) is 4.81. The molecule has 4 nitrogen and oxygen atoms in total. The maximum atomic E-state index is 13.7. The largest absolute Gasteiger partial charge is 0.507 e. The van der Waals surface area contributed by atoms with Crippen LogP contribution in [0.25, 0.3) is 5.76 Å². The molecule has 150 valence electrons. The van der Waals surface area contributed by atoms with Gasteiger partial charge in [-0.15, -0.1) is 0 Å². The van der Waals surface area contributed by atoms with E-state index < -0.39 is 17.7 Å². The van der Waals surface area contributed by atoms with Crippen molar-refractivity contribution in [1.29, 1.82) is 0 Å². The van der Waals surface area contributed by atoms with E-state index in [1.165, 1.54) is 18.2 Å². The van der Waals surface area contributed by atoms with Crippen LogP contribution in [0.2, 0.25) is 0 Å². The minimum Gasteiger partial charge on any atom is -0.507 e. The summed E-state index contributed by atoms with van der Waals surface area (Å²) in [5, 5.41) is 11.1. The van der Waals surface area contributed by atoms with E-state index in [2.05, 4.69) is 0 Å². The van der Waals surface area contributed by atoms with E-state index in [-0.39, 0.29) is 23.2 Å². The van der Waals surface area contributed by atoms with Gasteiger partial charge in [-0.1, -0.05) is 37.1 Å². The van der Waals surface area contributed by atoms with Gasteiger partial charge in [0.05, 0.1) is 11.6 Å². The number of hydrogen-bond donors (Lipinski definition) is 1. The molecule has 1 heterocycles. The Morgan fingerprint density at radius 2 is 1.72 bits per heavy atom. The van der Waals surface area contributed by atoms with Crippen molar-refractivity contribution >= 4 is 17.4 Å². The van der Waals surface area contributed by atoms with Gasteiger partial charge in [0, 0.05) is 11.6 Å². The molecule has 1 unspecified atom stereocenters. The van der Waals surface area contributed by atoms with E-state index >= 15 is 0 Å². The molecule has 2 fully saturated rings. The summed E-state index contributed by atoms with van der Waals surface area (Å²) in [7, 11) is 0. The van der Waals surface area contributed by atoms with Crippen LogP contribution >= 0.6 is 0 Å². The van der Waals surface area contributed by atoms with Gasteiger partial charge in [0.1, 0.15) is 11.6 Å². The van der Waals surface area contributed by atoms with Crippen LogP contribution in [0.15, 0.2) is 48.0 Å². The number of aryl methyl sites for hydroxylation is 2. The lowest BCUT2D eigenvalue weighted by molar-refractivity contribution is -0.141. The van der Waals surface area contributed by atoms with Crippen molar-refractivity contribution in [2.75, 3.05) is 0 Å². The molecule has 0 spiro atoms. The fourth-order valence-corrected chi connectivity index (χ4v) is 4.56. The fourth-order valence-electron chi connectivity index (χ4n) is 4.56. The summed E-state index contributed by atoms with van der Waals surface area (Å²) < 4.78 is 13.7. The van der Waals surface area contributed by atoms with Crippen LogP contribution in [-0.2, 0) is 9.59 Å². The molecule has 1 aliphatic heterocycles. The number of Topliss-reactive ketones (excluding diaryl/α,β-unsaturated/α-hetero) is 1. The molecule has 2 aromatic carbocycles. The first-order chi connectivity index (χ1) is 13.9. The summed E-state index contributed by atoms with van der Waals surface area (Å²) in [6.45, 7) is 3.54. The Labute approximate surface area is 169 Å². The van der Waals surface area contributed by atoms with Gasteiger partial charge in [-0.05, 0) is 61.6 Å². The summed E-state index contributed by atoms with van der Waals surface area (Å²) in [6, 6.07) is 11.2.